The molecule has 3 rings (SSSR count). The number of hydrogen-bond acceptors (Lipinski definition) is 3. The monoisotopic (exact) mass is 329 g/mol. The van der Waals surface area contributed by atoms with Gasteiger partial charge in [-0.3, -0.25) is 4.79 Å². The summed E-state index contributed by atoms with van der Waals surface area (Å²) < 4.78 is 2.74. The van der Waals surface area contributed by atoms with Crippen LogP contribution in [0.3, 0.4) is 0 Å². The van der Waals surface area contributed by atoms with Crippen LogP contribution in [0.5, 0.6) is 0 Å². The summed E-state index contributed by atoms with van der Waals surface area (Å²) >= 11 is 3.36. The van der Waals surface area contributed by atoms with Gasteiger partial charge in [0.2, 0.25) is 0 Å². The topological polar surface area (TPSA) is 47.8 Å². The zero-order valence-corrected chi connectivity index (χ0v) is 12.2. The van der Waals surface area contributed by atoms with Crippen LogP contribution in [0.4, 0.5) is 0 Å². The Kier molecular flexibility index (Phi) is 3.60. The average molecular weight is 330 g/mol. The van der Waals surface area contributed by atoms with E-state index in [0.717, 1.165) is 21.1 Å². The van der Waals surface area contributed by atoms with Gasteiger partial charge in [0.15, 0.2) is 5.78 Å². The van der Waals surface area contributed by atoms with Gasteiger partial charge >= 0.3 is 0 Å². The van der Waals surface area contributed by atoms with Gasteiger partial charge in [0.1, 0.15) is 5.52 Å². The maximum Gasteiger partial charge on any atom is 0.164 e. The van der Waals surface area contributed by atoms with Crippen LogP contribution in [0.25, 0.3) is 11.0 Å². The second-order valence-corrected chi connectivity index (χ2v) is 5.40. The van der Waals surface area contributed by atoms with E-state index >= 15 is 0 Å². The summed E-state index contributed by atoms with van der Waals surface area (Å²) in [5.74, 6) is 0.108. The zero-order chi connectivity index (χ0) is 13.9. The van der Waals surface area contributed by atoms with Gasteiger partial charge in [0.05, 0.1) is 12.1 Å². The van der Waals surface area contributed by atoms with Crippen molar-refractivity contribution in [3.8, 4) is 0 Å². The molecule has 0 aliphatic heterocycles. The fourth-order valence-corrected chi connectivity index (χ4v) is 2.33. The third kappa shape index (κ3) is 2.63. The Morgan fingerprint density at radius 2 is 1.85 bits per heavy atom. The van der Waals surface area contributed by atoms with Crippen LogP contribution in [-0.2, 0) is 6.54 Å². The molecule has 5 heteroatoms. The number of aromatic nitrogens is 3. The number of Topliss-reactive ketones (excluding diaryl/α,β-unsaturated/α-hetero) is 1. The van der Waals surface area contributed by atoms with Crippen molar-refractivity contribution >= 4 is 32.7 Å². The lowest BCUT2D eigenvalue weighted by molar-refractivity contribution is 0.0976. The maximum atomic E-state index is 12.1. The van der Waals surface area contributed by atoms with Crippen LogP contribution in [0, 0.1) is 0 Å². The molecule has 0 atom stereocenters. The van der Waals surface area contributed by atoms with E-state index in [2.05, 4.69) is 26.2 Å². The lowest BCUT2D eigenvalue weighted by Gasteiger charge is -2.03. The van der Waals surface area contributed by atoms with Gasteiger partial charge in [0.25, 0.3) is 0 Å². The molecule has 0 aliphatic carbocycles. The third-order valence-corrected chi connectivity index (χ3v) is 3.67. The molecule has 1 heterocycles. The Morgan fingerprint density at radius 3 is 2.65 bits per heavy atom. The summed E-state index contributed by atoms with van der Waals surface area (Å²) in [4.78, 5) is 12.1. The molecule has 3 aromatic rings. The minimum Gasteiger partial charge on any atom is -0.294 e. The zero-order valence-electron chi connectivity index (χ0n) is 10.7. The molecule has 0 spiro atoms. The fourth-order valence-electron chi connectivity index (χ4n) is 2.07. The first kappa shape index (κ1) is 13.0. The van der Waals surface area contributed by atoms with Crippen LogP contribution in [0.2, 0.25) is 0 Å². The highest BCUT2D eigenvalue weighted by Crippen LogP contribution is 2.14. The summed E-state index contributed by atoms with van der Waals surface area (Å²) in [7, 11) is 0. The summed E-state index contributed by atoms with van der Waals surface area (Å²) in [6.45, 7) is 0.537. The standard InChI is InChI=1S/C15H12BrN3O/c16-12-7-5-11(6-8-12)15(20)9-10-19-14-4-2-1-3-13(14)17-18-19/h1-8H,9-10H2. The summed E-state index contributed by atoms with van der Waals surface area (Å²) in [5, 5.41) is 8.16. The maximum absolute atomic E-state index is 12.1. The van der Waals surface area contributed by atoms with Crippen LogP contribution >= 0.6 is 15.9 Å². The second kappa shape index (κ2) is 5.54. The summed E-state index contributed by atoms with van der Waals surface area (Å²) in [6, 6.07) is 15.1. The van der Waals surface area contributed by atoms with Gasteiger partial charge in [-0.05, 0) is 24.3 Å². The highest BCUT2D eigenvalue weighted by molar-refractivity contribution is 9.10. The molecular weight excluding hydrogens is 318 g/mol. The SMILES string of the molecule is O=C(CCn1nnc2ccccc21)c1ccc(Br)cc1. The average Bonchev–Trinajstić information content (AvgIpc) is 2.89. The normalized spacial score (nSPS) is 10.8. The van der Waals surface area contributed by atoms with Crippen molar-refractivity contribution in [2.75, 3.05) is 0 Å². The van der Waals surface area contributed by atoms with Crippen LogP contribution in [-0.4, -0.2) is 20.8 Å². The highest BCUT2D eigenvalue weighted by atomic mass is 79.9. The Hall–Kier alpha value is -2.01. The molecule has 1 aromatic heterocycles. The molecule has 0 N–H and O–H groups in total. The van der Waals surface area contributed by atoms with Crippen molar-refractivity contribution in [2.45, 2.75) is 13.0 Å². The largest absolute Gasteiger partial charge is 0.294 e. The molecule has 0 radical (unpaired) electrons. The molecule has 0 bridgehead atoms. The molecule has 0 aliphatic rings. The van der Waals surface area contributed by atoms with Gasteiger partial charge in [0, 0.05) is 16.5 Å². The lowest BCUT2D eigenvalue weighted by atomic mass is 10.1. The Labute approximate surface area is 124 Å². The molecule has 0 fully saturated rings. The first-order valence-electron chi connectivity index (χ1n) is 6.31. The van der Waals surface area contributed by atoms with Crippen molar-refractivity contribution < 1.29 is 4.79 Å². The number of nitrogens with zero attached hydrogens (tertiary/aromatic N) is 3. The number of rotatable bonds is 4. The van der Waals surface area contributed by atoms with Crippen molar-refractivity contribution in [3.05, 3.63) is 58.6 Å². The van der Waals surface area contributed by atoms with E-state index in [1.54, 1.807) is 4.68 Å². The van der Waals surface area contributed by atoms with Gasteiger partial charge in [-0.15, -0.1) is 5.10 Å². The first-order chi connectivity index (χ1) is 9.74. The number of fused-ring (bicyclic) bond motifs is 1. The predicted octanol–water partition coefficient (Wildman–Crippen LogP) is 3.47. The molecule has 20 heavy (non-hydrogen) atoms. The number of carbonyl (C=O) groups is 1. The van der Waals surface area contributed by atoms with E-state index in [1.165, 1.54) is 0 Å². The van der Waals surface area contributed by atoms with Gasteiger partial charge < -0.3 is 0 Å². The second-order valence-electron chi connectivity index (χ2n) is 4.48. The number of ketones is 1. The number of para-hydroxylation sites is 1. The van der Waals surface area contributed by atoms with E-state index in [0.29, 0.717) is 13.0 Å². The third-order valence-electron chi connectivity index (χ3n) is 3.14. The lowest BCUT2D eigenvalue weighted by Crippen LogP contribution is -2.07. The Balaban J connectivity index is 1.73. The molecule has 4 nitrogen and oxygen atoms in total. The molecule has 0 saturated carbocycles. The van der Waals surface area contributed by atoms with Crippen molar-refractivity contribution in [3.63, 3.8) is 0 Å². The highest BCUT2D eigenvalue weighted by Gasteiger charge is 2.08. The number of aryl methyl sites for hydroxylation is 1. The van der Waals surface area contributed by atoms with Crippen LogP contribution in [0.15, 0.2) is 53.0 Å². The number of halogens is 1. The minimum atomic E-state index is 0.108. The molecule has 0 amide bonds. The quantitative estimate of drug-likeness (QED) is 0.688. The van der Waals surface area contributed by atoms with Crippen molar-refractivity contribution in [1.29, 1.82) is 0 Å². The first-order valence-corrected chi connectivity index (χ1v) is 7.10. The van der Waals surface area contributed by atoms with Gasteiger partial charge in [-0.2, -0.15) is 0 Å². The number of benzene rings is 2. The summed E-state index contributed by atoms with van der Waals surface area (Å²) in [5.41, 5.74) is 2.53. The molecule has 100 valence electrons. The molecule has 2 aromatic carbocycles. The van der Waals surface area contributed by atoms with E-state index in [1.807, 2.05) is 48.5 Å². The van der Waals surface area contributed by atoms with Crippen molar-refractivity contribution in [1.82, 2.24) is 15.0 Å². The van der Waals surface area contributed by atoms with Crippen molar-refractivity contribution in [2.24, 2.45) is 0 Å². The van der Waals surface area contributed by atoms with Gasteiger partial charge in [-0.1, -0.05) is 45.4 Å². The molecular formula is C15H12BrN3O. The number of hydrogen-bond donors (Lipinski definition) is 0. The van der Waals surface area contributed by atoms with Crippen LogP contribution in [0.1, 0.15) is 16.8 Å². The van der Waals surface area contributed by atoms with E-state index in [-0.39, 0.29) is 5.78 Å². The van der Waals surface area contributed by atoms with Gasteiger partial charge in [-0.25, -0.2) is 4.68 Å². The van der Waals surface area contributed by atoms with E-state index in [4.69, 9.17) is 0 Å². The van der Waals surface area contributed by atoms with E-state index < -0.39 is 0 Å². The van der Waals surface area contributed by atoms with Crippen LogP contribution < -0.4 is 0 Å². The Morgan fingerprint density at radius 1 is 1.10 bits per heavy atom. The molecule has 0 unspecified atom stereocenters. The predicted molar refractivity (Wildman–Crippen MR) is 80.6 cm³/mol. The molecule has 0 saturated heterocycles. The minimum absolute atomic E-state index is 0.108. The summed E-state index contributed by atoms with van der Waals surface area (Å²) in [6.07, 6.45) is 0.412. The smallest absolute Gasteiger partial charge is 0.164 e. The number of carbonyl (C=O) groups excluding carboxylic acids is 1. The fraction of sp³-hybridized carbons (Fsp3) is 0.133. The van der Waals surface area contributed by atoms with E-state index in [9.17, 15) is 4.79 Å². The Bertz CT molecular complexity index is 749.